The summed E-state index contributed by atoms with van der Waals surface area (Å²) in [5.74, 6) is 0. The molecule has 0 spiro atoms. The van der Waals surface area contributed by atoms with Crippen LogP contribution >= 0.6 is 0 Å². The van der Waals surface area contributed by atoms with Crippen molar-refractivity contribution >= 4 is 11.4 Å². The quantitative estimate of drug-likeness (QED) is 0.620. The first-order chi connectivity index (χ1) is 11.4. The van der Waals surface area contributed by atoms with Gasteiger partial charge < -0.3 is 11.5 Å². The fourth-order valence-electron chi connectivity index (χ4n) is 3.29. The van der Waals surface area contributed by atoms with Crippen LogP contribution in [0.25, 0.3) is 22.3 Å². The van der Waals surface area contributed by atoms with E-state index in [1.165, 1.54) is 33.4 Å². The molecule has 122 valence electrons. The molecule has 0 atom stereocenters. The number of nitrogens with two attached hydrogens (primary N) is 2. The number of rotatable bonds is 2. The van der Waals surface area contributed by atoms with E-state index < -0.39 is 0 Å². The lowest BCUT2D eigenvalue weighted by Crippen LogP contribution is -1.97. The predicted molar refractivity (Wildman–Crippen MR) is 105 cm³/mol. The van der Waals surface area contributed by atoms with Gasteiger partial charge in [0.05, 0.1) is 0 Å². The molecule has 2 heteroatoms. The van der Waals surface area contributed by atoms with Crippen molar-refractivity contribution in [1.29, 1.82) is 0 Å². The summed E-state index contributed by atoms with van der Waals surface area (Å²) in [4.78, 5) is 0. The van der Waals surface area contributed by atoms with Crippen molar-refractivity contribution in [3.8, 4) is 22.3 Å². The maximum absolute atomic E-state index is 6.09. The number of hydrogen-bond acceptors (Lipinski definition) is 2. The normalized spacial score (nSPS) is 10.8. The van der Waals surface area contributed by atoms with Crippen molar-refractivity contribution in [2.45, 2.75) is 27.7 Å². The monoisotopic (exact) mass is 316 g/mol. The fourth-order valence-corrected chi connectivity index (χ4v) is 3.29. The van der Waals surface area contributed by atoms with E-state index in [-0.39, 0.29) is 0 Å². The van der Waals surface area contributed by atoms with Gasteiger partial charge in [0.1, 0.15) is 0 Å². The van der Waals surface area contributed by atoms with Crippen LogP contribution < -0.4 is 11.5 Å². The van der Waals surface area contributed by atoms with Gasteiger partial charge in [0.25, 0.3) is 0 Å². The summed E-state index contributed by atoms with van der Waals surface area (Å²) in [6.45, 7) is 8.47. The number of anilines is 2. The lowest BCUT2D eigenvalue weighted by molar-refractivity contribution is 1.35. The lowest BCUT2D eigenvalue weighted by Gasteiger charge is -2.17. The fraction of sp³-hybridized carbons (Fsp3) is 0.182. The van der Waals surface area contributed by atoms with Gasteiger partial charge in [-0.2, -0.15) is 0 Å². The van der Waals surface area contributed by atoms with E-state index in [9.17, 15) is 0 Å². The summed E-state index contributed by atoms with van der Waals surface area (Å²) < 4.78 is 0. The third-order valence-corrected chi connectivity index (χ3v) is 4.90. The molecule has 0 aliphatic heterocycles. The van der Waals surface area contributed by atoms with Crippen LogP contribution in [-0.2, 0) is 0 Å². The maximum Gasteiger partial charge on any atom is 0.0349 e. The Hall–Kier alpha value is -2.74. The minimum absolute atomic E-state index is 0.834. The van der Waals surface area contributed by atoms with Gasteiger partial charge in [0.15, 0.2) is 0 Å². The highest BCUT2D eigenvalue weighted by Crippen LogP contribution is 2.36. The number of hydrogen-bond donors (Lipinski definition) is 2. The highest BCUT2D eigenvalue weighted by atomic mass is 14.6. The van der Waals surface area contributed by atoms with Crippen LogP contribution in [0.4, 0.5) is 11.4 Å². The molecule has 0 saturated carbocycles. The van der Waals surface area contributed by atoms with E-state index in [0.29, 0.717) is 0 Å². The standard InChI is InChI=1S/C22H24N2/c1-13-11-20(18-8-6-10-22(24)16(18)4)14(2)12-19(13)17-7-5-9-21(23)15(17)3/h5-12H,23-24H2,1-4H3. The molecule has 4 N–H and O–H groups in total. The summed E-state index contributed by atoms with van der Waals surface area (Å²) in [6, 6.07) is 16.7. The van der Waals surface area contributed by atoms with Crippen LogP contribution in [-0.4, -0.2) is 0 Å². The van der Waals surface area contributed by atoms with Crippen molar-refractivity contribution < 1.29 is 0 Å². The van der Waals surface area contributed by atoms with Crippen molar-refractivity contribution in [1.82, 2.24) is 0 Å². The second kappa shape index (κ2) is 6.04. The Labute approximate surface area is 144 Å². The number of benzene rings is 3. The van der Waals surface area contributed by atoms with Crippen molar-refractivity contribution in [3.05, 3.63) is 70.8 Å². The summed E-state index contributed by atoms with van der Waals surface area (Å²) in [7, 11) is 0. The highest BCUT2D eigenvalue weighted by Gasteiger charge is 2.13. The molecule has 0 unspecified atom stereocenters. The highest BCUT2D eigenvalue weighted by molar-refractivity contribution is 5.82. The Balaban J connectivity index is 2.20. The second-order valence-electron chi connectivity index (χ2n) is 6.52. The molecule has 2 nitrogen and oxygen atoms in total. The molecule has 0 aromatic heterocycles. The van der Waals surface area contributed by atoms with Crippen molar-refractivity contribution in [2.24, 2.45) is 0 Å². The summed E-state index contributed by atoms with van der Waals surface area (Å²) >= 11 is 0. The van der Waals surface area contributed by atoms with Crippen molar-refractivity contribution in [2.75, 3.05) is 11.5 Å². The van der Waals surface area contributed by atoms with Gasteiger partial charge in [-0.25, -0.2) is 0 Å². The van der Waals surface area contributed by atoms with Gasteiger partial charge in [-0.05, 0) is 84.3 Å². The zero-order chi connectivity index (χ0) is 17.4. The average Bonchev–Trinajstić information content (AvgIpc) is 2.55. The number of nitrogen functional groups attached to an aromatic ring is 2. The molecule has 0 bridgehead atoms. The average molecular weight is 316 g/mol. The van der Waals surface area contributed by atoms with Crippen LogP contribution in [0.1, 0.15) is 22.3 Å². The smallest absolute Gasteiger partial charge is 0.0349 e. The van der Waals surface area contributed by atoms with Gasteiger partial charge in [0, 0.05) is 11.4 Å². The topological polar surface area (TPSA) is 52.0 Å². The first kappa shape index (κ1) is 16.1. The molecule has 3 aromatic carbocycles. The first-order valence-electron chi connectivity index (χ1n) is 8.22. The maximum atomic E-state index is 6.09. The molecule has 24 heavy (non-hydrogen) atoms. The molecular formula is C22H24N2. The van der Waals surface area contributed by atoms with Gasteiger partial charge in [-0.1, -0.05) is 36.4 Å². The third-order valence-electron chi connectivity index (χ3n) is 4.90. The second-order valence-corrected chi connectivity index (χ2v) is 6.52. The summed E-state index contributed by atoms with van der Waals surface area (Å²) in [6.07, 6.45) is 0. The molecule has 0 aliphatic carbocycles. The molecule has 3 aromatic rings. The Morgan fingerprint density at radius 1 is 0.542 bits per heavy atom. The largest absolute Gasteiger partial charge is 0.398 e. The molecule has 0 fully saturated rings. The Bertz CT molecular complexity index is 846. The Morgan fingerprint density at radius 2 is 0.917 bits per heavy atom. The van der Waals surface area contributed by atoms with Crippen LogP contribution in [0.2, 0.25) is 0 Å². The lowest BCUT2D eigenvalue weighted by atomic mass is 9.88. The van der Waals surface area contributed by atoms with Crippen LogP contribution in [0.3, 0.4) is 0 Å². The van der Waals surface area contributed by atoms with E-state index in [0.717, 1.165) is 22.5 Å². The summed E-state index contributed by atoms with van der Waals surface area (Å²) in [5.41, 5.74) is 23.5. The van der Waals surface area contributed by atoms with Crippen LogP contribution in [0.15, 0.2) is 48.5 Å². The number of aryl methyl sites for hydroxylation is 2. The van der Waals surface area contributed by atoms with E-state index >= 15 is 0 Å². The minimum Gasteiger partial charge on any atom is -0.398 e. The zero-order valence-corrected chi connectivity index (χ0v) is 14.8. The van der Waals surface area contributed by atoms with Crippen LogP contribution in [0.5, 0.6) is 0 Å². The van der Waals surface area contributed by atoms with E-state index in [4.69, 9.17) is 11.5 Å². The predicted octanol–water partition coefficient (Wildman–Crippen LogP) is 5.42. The van der Waals surface area contributed by atoms with Gasteiger partial charge in [-0.3, -0.25) is 0 Å². The SMILES string of the molecule is Cc1cc(-c2cccc(N)c2C)c(C)cc1-c1cccc(N)c1C. The molecule has 0 radical (unpaired) electrons. The van der Waals surface area contributed by atoms with Gasteiger partial charge >= 0.3 is 0 Å². The molecule has 0 aliphatic rings. The van der Waals surface area contributed by atoms with Gasteiger partial charge in [0.2, 0.25) is 0 Å². The molecule has 3 rings (SSSR count). The first-order valence-corrected chi connectivity index (χ1v) is 8.22. The minimum atomic E-state index is 0.834. The molecule has 0 amide bonds. The molecule has 0 heterocycles. The van der Waals surface area contributed by atoms with Crippen molar-refractivity contribution in [3.63, 3.8) is 0 Å². The third kappa shape index (κ3) is 2.65. The van der Waals surface area contributed by atoms with Crippen LogP contribution in [0, 0.1) is 27.7 Å². The van der Waals surface area contributed by atoms with Gasteiger partial charge in [-0.15, -0.1) is 0 Å². The van der Waals surface area contributed by atoms with E-state index in [1.807, 2.05) is 24.3 Å². The van der Waals surface area contributed by atoms with E-state index in [2.05, 4.69) is 52.0 Å². The molecule has 0 saturated heterocycles. The Kier molecular flexibility index (Phi) is 4.06. The zero-order valence-electron chi connectivity index (χ0n) is 14.8. The Morgan fingerprint density at radius 3 is 1.29 bits per heavy atom. The molecular weight excluding hydrogens is 292 g/mol. The van der Waals surface area contributed by atoms with E-state index in [1.54, 1.807) is 0 Å². The summed E-state index contributed by atoms with van der Waals surface area (Å²) in [5, 5.41) is 0.